The van der Waals surface area contributed by atoms with E-state index in [9.17, 15) is 4.79 Å². The van der Waals surface area contributed by atoms with Gasteiger partial charge in [0.1, 0.15) is 6.61 Å². The molecule has 3 N–H and O–H groups in total. The van der Waals surface area contributed by atoms with Gasteiger partial charge in [0.2, 0.25) is 0 Å². The van der Waals surface area contributed by atoms with Gasteiger partial charge in [-0.1, -0.05) is 30.3 Å². The number of carbonyl (C=O) groups is 1. The van der Waals surface area contributed by atoms with E-state index in [0.29, 0.717) is 0 Å². The highest BCUT2D eigenvalue weighted by molar-refractivity contribution is 5.85. The quantitative estimate of drug-likeness (QED) is 0.431. The van der Waals surface area contributed by atoms with Crippen LogP contribution in [0.25, 0.3) is 0 Å². The zero-order chi connectivity index (χ0) is 8.81. The number of amides is 1. The maximum absolute atomic E-state index is 10.5. The molecule has 0 saturated heterocycles. The molecule has 4 nitrogen and oxygen atoms in total. The van der Waals surface area contributed by atoms with Crippen LogP contribution in [-0.4, -0.2) is 6.09 Å². The molecule has 0 heterocycles. The minimum Gasteiger partial charge on any atom is -0.444 e. The molecule has 0 aliphatic heterocycles. The first-order valence-corrected chi connectivity index (χ1v) is 3.50. The number of halogens is 1. The van der Waals surface area contributed by atoms with Gasteiger partial charge in [-0.15, -0.1) is 12.4 Å². The number of ether oxygens (including phenoxy) is 1. The molecule has 1 amide bonds. The van der Waals surface area contributed by atoms with E-state index in [4.69, 9.17) is 10.6 Å². The molecule has 0 atom stereocenters. The van der Waals surface area contributed by atoms with Crippen molar-refractivity contribution in [3.8, 4) is 0 Å². The molecule has 0 unspecified atom stereocenters. The maximum Gasteiger partial charge on any atom is 0.421 e. The van der Waals surface area contributed by atoms with Crippen molar-refractivity contribution in [2.75, 3.05) is 0 Å². The van der Waals surface area contributed by atoms with Gasteiger partial charge in [0, 0.05) is 0 Å². The Morgan fingerprint density at radius 1 is 1.38 bits per heavy atom. The number of hydrogen-bond donors (Lipinski definition) is 2. The largest absolute Gasteiger partial charge is 0.444 e. The smallest absolute Gasteiger partial charge is 0.421 e. The monoisotopic (exact) mass is 202 g/mol. The van der Waals surface area contributed by atoms with Crippen LogP contribution in [0.2, 0.25) is 0 Å². The molecule has 1 aromatic rings. The van der Waals surface area contributed by atoms with E-state index < -0.39 is 6.09 Å². The zero-order valence-electron chi connectivity index (χ0n) is 6.90. The summed E-state index contributed by atoms with van der Waals surface area (Å²) in [6.07, 6.45) is -0.626. The Hall–Kier alpha value is -1.26. The van der Waals surface area contributed by atoms with Crippen molar-refractivity contribution in [1.29, 1.82) is 0 Å². The summed E-state index contributed by atoms with van der Waals surface area (Å²) in [4.78, 5) is 10.5. The van der Waals surface area contributed by atoms with Crippen LogP contribution in [0.15, 0.2) is 30.3 Å². The molecule has 0 bridgehead atoms. The van der Waals surface area contributed by atoms with Crippen LogP contribution in [0.4, 0.5) is 4.79 Å². The van der Waals surface area contributed by atoms with Crippen molar-refractivity contribution in [2.24, 2.45) is 5.84 Å². The van der Waals surface area contributed by atoms with Crippen LogP contribution < -0.4 is 11.3 Å². The highest BCUT2D eigenvalue weighted by Crippen LogP contribution is 1.99. The highest BCUT2D eigenvalue weighted by Gasteiger charge is 1.97. The highest BCUT2D eigenvalue weighted by atomic mass is 35.5. The summed E-state index contributed by atoms with van der Waals surface area (Å²) in [5.74, 6) is 4.81. The van der Waals surface area contributed by atoms with Crippen LogP contribution in [0.5, 0.6) is 0 Å². The van der Waals surface area contributed by atoms with Crippen molar-refractivity contribution in [1.82, 2.24) is 5.43 Å². The molecule has 0 aliphatic carbocycles. The first kappa shape index (κ1) is 11.7. The van der Waals surface area contributed by atoms with Crippen LogP contribution >= 0.6 is 12.4 Å². The first-order chi connectivity index (χ1) is 5.83. The van der Waals surface area contributed by atoms with E-state index in [1.165, 1.54) is 0 Å². The summed E-state index contributed by atoms with van der Waals surface area (Å²) in [7, 11) is 0. The van der Waals surface area contributed by atoms with Crippen molar-refractivity contribution in [2.45, 2.75) is 6.61 Å². The van der Waals surface area contributed by atoms with E-state index in [0.717, 1.165) is 5.56 Å². The Labute approximate surface area is 82.4 Å². The summed E-state index contributed by atoms with van der Waals surface area (Å²) in [6.45, 7) is 0.240. The molecule has 1 aromatic carbocycles. The number of benzene rings is 1. The second-order valence-electron chi connectivity index (χ2n) is 2.21. The fourth-order valence-corrected chi connectivity index (χ4v) is 0.765. The second-order valence-corrected chi connectivity index (χ2v) is 2.21. The predicted octanol–water partition coefficient (Wildman–Crippen LogP) is 1.21. The summed E-state index contributed by atoms with van der Waals surface area (Å²) in [5.41, 5.74) is 2.81. The van der Waals surface area contributed by atoms with Crippen LogP contribution in [0, 0.1) is 0 Å². The summed E-state index contributed by atoms with van der Waals surface area (Å²) in [5, 5.41) is 0. The van der Waals surface area contributed by atoms with E-state index in [1.807, 2.05) is 35.8 Å². The first-order valence-electron chi connectivity index (χ1n) is 3.50. The molecule has 0 radical (unpaired) electrons. The molecule has 5 heteroatoms. The SMILES string of the molecule is Cl.NNC(=O)OCc1ccccc1. The second kappa shape index (κ2) is 6.28. The summed E-state index contributed by atoms with van der Waals surface area (Å²) < 4.78 is 4.70. The average Bonchev–Trinajstić information content (AvgIpc) is 2.16. The van der Waals surface area contributed by atoms with Gasteiger partial charge in [0.05, 0.1) is 0 Å². The van der Waals surface area contributed by atoms with E-state index >= 15 is 0 Å². The molecule has 0 aliphatic rings. The van der Waals surface area contributed by atoms with E-state index in [-0.39, 0.29) is 19.0 Å². The number of carbonyl (C=O) groups excluding carboxylic acids is 1. The molecule has 0 saturated carbocycles. The van der Waals surface area contributed by atoms with Crippen LogP contribution in [-0.2, 0) is 11.3 Å². The Balaban J connectivity index is 0.00000144. The van der Waals surface area contributed by atoms with E-state index in [1.54, 1.807) is 0 Å². The standard InChI is InChI=1S/C8H10N2O2.ClH/c9-10-8(11)12-6-7-4-2-1-3-5-7;/h1-5H,6,9H2,(H,10,11);1H. The average molecular weight is 203 g/mol. The van der Waals surface area contributed by atoms with Crippen LogP contribution in [0.1, 0.15) is 5.56 Å². The van der Waals surface area contributed by atoms with Gasteiger partial charge in [0.25, 0.3) is 0 Å². The molecular weight excluding hydrogens is 192 g/mol. The van der Waals surface area contributed by atoms with Crippen molar-refractivity contribution in [3.05, 3.63) is 35.9 Å². The summed E-state index contributed by atoms with van der Waals surface area (Å²) >= 11 is 0. The van der Waals surface area contributed by atoms with Gasteiger partial charge < -0.3 is 4.74 Å². The molecular formula is C8H11ClN2O2. The Morgan fingerprint density at radius 2 is 2.00 bits per heavy atom. The number of nitrogens with two attached hydrogens (primary N) is 1. The lowest BCUT2D eigenvalue weighted by Crippen LogP contribution is -2.30. The van der Waals surface area contributed by atoms with Gasteiger partial charge >= 0.3 is 6.09 Å². The third-order valence-electron chi connectivity index (χ3n) is 1.33. The lowest BCUT2D eigenvalue weighted by atomic mass is 10.2. The third-order valence-corrected chi connectivity index (χ3v) is 1.33. The Bertz CT molecular complexity index is 254. The minimum atomic E-state index is -0.626. The van der Waals surface area contributed by atoms with Crippen molar-refractivity contribution in [3.63, 3.8) is 0 Å². The number of hydrazine groups is 1. The van der Waals surface area contributed by atoms with Crippen molar-refractivity contribution < 1.29 is 9.53 Å². The molecule has 1 rings (SSSR count). The Kier molecular flexibility index (Phi) is 5.67. The molecule has 0 fully saturated rings. The lowest BCUT2D eigenvalue weighted by Gasteiger charge is -2.02. The lowest BCUT2D eigenvalue weighted by molar-refractivity contribution is 0.140. The fraction of sp³-hybridized carbons (Fsp3) is 0.125. The van der Waals surface area contributed by atoms with Gasteiger partial charge in [0.15, 0.2) is 0 Å². The summed E-state index contributed by atoms with van der Waals surface area (Å²) in [6, 6.07) is 9.37. The predicted molar refractivity (Wildman–Crippen MR) is 51.2 cm³/mol. The normalized spacial score (nSPS) is 8.38. The van der Waals surface area contributed by atoms with Gasteiger partial charge in [-0.05, 0) is 5.56 Å². The number of rotatable bonds is 2. The molecule has 0 aromatic heterocycles. The van der Waals surface area contributed by atoms with Gasteiger partial charge in [-0.3, -0.25) is 5.43 Å². The third kappa shape index (κ3) is 4.35. The topological polar surface area (TPSA) is 64.3 Å². The molecule has 13 heavy (non-hydrogen) atoms. The van der Waals surface area contributed by atoms with E-state index in [2.05, 4.69) is 0 Å². The Morgan fingerprint density at radius 3 is 2.54 bits per heavy atom. The minimum absolute atomic E-state index is 0. The fourth-order valence-electron chi connectivity index (χ4n) is 0.765. The number of nitrogens with one attached hydrogen (secondary N) is 1. The van der Waals surface area contributed by atoms with Crippen molar-refractivity contribution >= 4 is 18.5 Å². The van der Waals surface area contributed by atoms with Gasteiger partial charge in [-0.2, -0.15) is 0 Å². The van der Waals surface area contributed by atoms with Gasteiger partial charge in [-0.25, -0.2) is 10.6 Å². The molecule has 72 valence electrons. The number of hydrogen-bond acceptors (Lipinski definition) is 3. The van der Waals surface area contributed by atoms with Crippen LogP contribution in [0.3, 0.4) is 0 Å². The maximum atomic E-state index is 10.5. The zero-order valence-corrected chi connectivity index (χ0v) is 7.71. The molecule has 0 spiro atoms.